The number of aromatic nitrogens is 1. The predicted octanol–water partition coefficient (Wildman–Crippen LogP) is 4.17. The highest BCUT2D eigenvalue weighted by molar-refractivity contribution is 5.96. The van der Waals surface area contributed by atoms with Gasteiger partial charge in [-0.05, 0) is 54.3 Å². The molecule has 0 spiro atoms. The maximum atomic E-state index is 13.0. The van der Waals surface area contributed by atoms with Crippen molar-refractivity contribution in [3.8, 4) is 0 Å². The second-order valence-corrected chi connectivity index (χ2v) is 6.39. The molecule has 0 bridgehead atoms. The minimum atomic E-state index is -0.440. The first-order chi connectivity index (χ1) is 12.6. The van der Waals surface area contributed by atoms with Crippen LogP contribution < -0.4 is 10.6 Å². The summed E-state index contributed by atoms with van der Waals surface area (Å²) >= 11 is 0. The summed E-state index contributed by atoms with van der Waals surface area (Å²) in [5, 5.41) is 6.44. The Kier molecular flexibility index (Phi) is 5.77. The Hall–Kier alpha value is -2.98. The van der Waals surface area contributed by atoms with Crippen molar-refractivity contribution in [2.24, 2.45) is 0 Å². The van der Waals surface area contributed by atoms with Crippen LogP contribution in [0, 0.1) is 13.8 Å². The van der Waals surface area contributed by atoms with Crippen LogP contribution in [-0.2, 0) is 11.3 Å². The van der Waals surface area contributed by atoms with Crippen LogP contribution in [0.1, 0.15) is 28.3 Å². The molecule has 3 aromatic rings. The van der Waals surface area contributed by atoms with Gasteiger partial charge < -0.3 is 5.32 Å². The van der Waals surface area contributed by atoms with Gasteiger partial charge in [-0.3, -0.25) is 15.1 Å². The van der Waals surface area contributed by atoms with Crippen molar-refractivity contribution in [3.05, 3.63) is 95.3 Å². The molecule has 0 saturated carbocycles. The first-order valence-electron chi connectivity index (χ1n) is 8.69. The van der Waals surface area contributed by atoms with Crippen molar-refractivity contribution in [2.75, 3.05) is 5.32 Å². The van der Waals surface area contributed by atoms with Crippen LogP contribution in [0.25, 0.3) is 0 Å². The molecular formula is C22H23N3O. The van der Waals surface area contributed by atoms with Gasteiger partial charge in [-0.25, -0.2) is 0 Å². The Balaban J connectivity index is 1.80. The van der Waals surface area contributed by atoms with Crippen LogP contribution >= 0.6 is 0 Å². The van der Waals surface area contributed by atoms with Crippen molar-refractivity contribution in [2.45, 2.75) is 26.4 Å². The Labute approximate surface area is 154 Å². The predicted molar refractivity (Wildman–Crippen MR) is 105 cm³/mol. The molecule has 2 N–H and O–H groups in total. The first-order valence-corrected chi connectivity index (χ1v) is 8.69. The van der Waals surface area contributed by atoms with Gasteiger partial charge in [0, 0.05) is 24.6 Å². The SMILES string of the molecule is Cc1ccc(C)c(NC(=O)[C@@H](NCc2ccncc2)c2ccccc2)c1. The lowest BCUT2D eigenvalue weighted by Crippen LogP contribution is -2.33. The van der Waals surface area contributed by atoms with Crippen LogP contribution in [0.3, 0.4) is 0 Å². The molecule has 0 fully saturated rings. The number of hydrogen-bond acceptors (Lipinski definition) is 3. The van der Waals surface area contributed by atoms with Gasteiger partial charge in [0.05, 0.1) is 0 Å². The lowest BCUT2D eigenvalue weighted by Gasteiger charge is -2.20. The first kappa shape index (κ1) is 17.8. The summed E-state index contributed by atoms with van der Waals surface area (Å²) in [5.74, 6) is -0.0704. The molecule has 0 aliphatic heterocycles. The fourth-order valence-electron chi connectivity index (χ4n) is 2.80. The molecule has 0 saturated heterocycles. The standard InChI is InChI=1S/C22H23N3O/c1-16-8-9-17(2)20(14-16)25-22(26)21(19-6-4-3-5-7-19)24-15-18-10-12-23-13-11-18/h3-14,21,24H,15H2,1-2H3,(H,25,26)/t21-/m0/s1. The molecule has 1 atom stereocenters. The van der Waals surface area contributed by atoms with Crippen LogP contribution in [0.5, 0.6) is 0 Å². The van der Waals surface area contributed by atoms with Gasteiger partial charge in [0.2, 0.25) is 5.91 Å². The fraction of sp³-hybridized carbons (Fsp3) is 0.182. The molecule has 1 aromatic heterocycles. The molecule has 0 radical (unpaired) electrons. The highest BCUT2D eigenvalue weighted by Gasteiger charge is 2.20. The molecule has 1 amide bonds. The molecule has 0 aliphatic carbocycles. The van der Waals surface area contributed by atoms with Crippen molar-refractivity contribution < 1.29 is 4.79 Å². The van der Waals surface area contributed by atoms with Crippen LogP contribution in [0.4, 0.5) is 5.69 Å². The number of nitrogens with one attached hydrogen (secondary N) is 2. The number of carbonyl (C=O) groups is 1. The quantitative estimate of drug-likeness (QED) is 0.705. The minimum Gasteiger partial charge on any atom is -0.324 e. The number of nitrogens with zero attached hydrogens (tertiary/aromatic N) is 1. The molecule has 0 unspecified atom stereocenters. The second kappa shape index (κ2) is 8.41. The largest absolute Gasteiger partial charge is 0.324 e. The number of pyridine rings is 1. The fourth-order valence-corrected chi connectivity index (χ4v) is 2.80. The van der Waals surface area contributed by atoms with Gasteiger partial charge in [0.15, 0.2) is 0 Å². The van der Waals surface area contributed by atoms with E-state index in [0.29, 0.717) is 6.54 Å². The number of aryl methyl sites for hydroxylation is 2. The van der Waals surface area contributed by atoms with Crippen molar-refractivity contribution in [1.29, 1.82) is 0 Å². The van der Waals surface area contributed by atoms with E-state index in [9.17, 15) is 4.79 Å². The van der Waals surface area contributed by atoms with Gasteiger partial charge in [-0.15, -0.1) is 0 Å². The van der Waals surface area contributed by atoms with E-state index in [1.807, 2.05) is 74.5 Å². The highest BCUT2D eigenvalue weighted by Crippen LogP contribution is 2.20. The van der Waals surface area contributed by atoms with Crippen molar-refractivity contribution in [1.82, 2.24) is 10.3 Å². The van der Waals surface area contributed by atoms with Crippen LogP contribution in [-0.4, -0.2) is 10.9 Å². The Morgan fingerprint density at radius 3 is 2.46 bits per heavy atom. The lowest BCUT2D eigenvalue weighted by atomic mass is 10.0. The van der Waals surface area contributed by atoms with Gasteiger partial charge in [0.25, 0.3) is 0 Å². The maximum Gasteiger partial charge on any atom is 0.246 e. The molecular weight excluding hydrogens is 322 g/mol. The summed E-state index contributed by atoms with van der Waals surface area (Å²) in [6.07, 6.45) is 3.51. The van der Waals surface area contributed by atoms with E-state index in [-0.39, 0.29) is 5.91 Å². The van der Waals surface area contributed by atoms with Crippen molar-refractivity contribution >= 4 is 11.6 Å². The smallest absolute Gasteiger partial charge is 0.246 e. The normalized spacial score (nSPS) is 11.8. The van der Waals surface area contributed by atoms with Crippen molar-refractivity contribution in [3.63, 3.8) is 0 Å². The van der Waals surface area contributed by atoms with E-state index in [4.69, 9.17) is 0 Å². The third kappa shape index (κ3) is 4.55. The monoisotopic (exact) mass is 345 g/mol. The maximum absolute atomic E-state index is 13.0. The van der Waals surface area contributed by atoms with Gasteiger partial charge in [0.1, 0.15) is 6.04 Å². The molecule has 1 heterocycles. The summed E-state index contributed by atoms with van der Waals surface area (Å²) in [5.41, 5.74) is 5.03. The number of rotatable bonds is 6. The van der Waals surface area contributed by atoms with E-state index < -0.39 is 6.04 Å². The number of anilines is 1. The van der Waals surface area contributed by atoms with E-state index in [1.165, 1.54) is 0 Å². The molecule has 132 valence electrons. The number of hydrogen-bond donors (Lipinski definition) is 2. The zero-order valence-corrected chi connectivity index (χ0v) is 15.1. The summed E-state index contributed by atoms with van der Waals surface area (Å²) in [6.45, 7) is 4.60. The molecule has 4 nitrogen and oxygen atoms in total. The van der Waals surface area contributed by atoms with Crippen LogP contribution in [0.2, 0.25) is 0 Å². The summed E-state index contributed by atoms with van der Waals surface area (Å²) in [7, 11) is 0. The van der Waals surface area contributed by atoms with Gasteiger partial charge in [-0.1, -0.05) is 42.5 Å². The third-order valence-corrected chi connectivity index (χ3v) is 4.31. The average Bonchev–Trinajstić information content (AvgIpc) is 2.66. The molecule has 3 rings (SSSR count). The number of amides is 1. The number of carbonyl (C=O) groups excluding carboxylic acids is 1. The number of benzene rings is 2. The highest BCUT2D eigenvalue weighted by atomic mass is 16.2. The zero-order chi connectivity index (χ0) is 18.4. The summed E-state index contributed by atoms with van der Waals surface area (Å²) in [4.78, 5) is 17.0. The third-order valence-electron chi connectivity index (χ3n) is 4.31. The summed E-state index contributed by atoms with van der Waals surface area (Å²) in [6, 6.07) is 19.3. The van der Waals surface area contributed by atoms with E-state index in [0.717, 1.165) is 27.9 Å². The Bertz CT molecular complexity index is 863. The zero-order valence-electron chi connectivity index (χ0n) is 15.1. The van der Waals surface area contributed by atoms with E-state index in [1.54, 1.807) is 12.4 Å². The molecule has 4 heteroatoms. The average molecular weight is 345 g/mol. The van der Waals surface area contributed by atoms with Gasteiger partial charge in [-0.2, -0.15) is 0 Å². The topological polar surface area (TPSA) is 54.0 Å². The lowest BCUT2D eigenvalue weighted by molar-refractivity contribution is -0.118. The molecule has 26 heavy (non-hydrogen) atoms. The second-order valence-electron chi connectivity index (χ2n) is 6.39. The molecule has 0 aliphatic rings. The minimum absolute atomic E-state index is 0.0704. The van der Waals surface area contributed by atoms with Gasteiger partial charge >= 0.3 is 0 Å². The summed E-state index contributed by atoms with van der Waals surface area (Å²) < 4.78 is 0. The Morgan fingerprint density at radius 1 is 1.00 bits per heavy atom. The van der Waals surface area contributed by atoms with E-state index >= 15 is 0 Å². The molecule has 2 aromatic carbocycles. The van der Waals surface area contributed by atoms with E-state index in [2.05, 4.69) is 15.6 Å². The van der Waals surface area contributed by atoms with Crippen LogP contribution in [0.15, 0.2) is 73.1 Å². The Morgan fingerprint density at radius 2 is 1.73 bits per heavy atom.